The van der Waals surface area contributed by atoms with Gasteiger partial charge >= 0.3 is 0 Å². The summed E-state index contributed by atoms with van der Waals surface area (Å²) < 4.78 is 4.41. The van der Waals surface area contributed by atoms with Crippen LogP contribution in [-0.4, -0.2) is 15.3 Å². The zero-order chi connectivity index (χ0) is 30.5. The molecule has 0 aliphatic heterocycles. The highest BCUT2D eigenvalue weighted by Crippen LogP contribution is 2.39. The van der Waals surface area contributed by atoms with E-state index in [0.29, 0.717) is 16.8 Å². The third-order valence-electron chi connectivity index (χ3n) is 8.73. The minimum absolute atomic E-state index is 0.509. The molecule has 8 aromatic rings. The molecule has 0 saturated carbocycles. The topological polar surface area (TPSA) is 57.5 Å². The van der Waals surface area contributed by atoms with Gasteiger partial charge in [0.1, 0.15) is 6.07 Å². The fourth-order valence-corrected chi connectivity index (χ4v) is 6.82. The van der Waals surface area contributed by atoms with E-state index in [9.17, 15) is 5.26 Å². The zero-order valence-electron chi connectivity index (χ0n) is 24.7. The predicted octanol–water partition coefficient (Wildman–Crippen LogP) is 10.5. The summed E-state index contributed by atoms with van der Waals surface area (Å²) in [6.45, 7) is 2.00. The van der Waals surface area contributed by atoms with Crippen LogP contribution in [0.4, 0.5) is 0 Å². The van der Waals surface area contributed by atoms with Crippen molar-refractivity contribution in [3.8, 4) is 17.4 Å². The number of hydrogen-bond acceptors (Lipinski definition) is 2. The Bertz CT molecular complexity index is 2580. The Morgan fingerprint density at radius 1 is 0.644 bits per heavy atom. The van der Waals surface area contributed by atoms with Crippen LogP contribution in [0, 0.1) is 16.7 Å². The number of fused-ring (bicyclic) bond motifs is 8. The smallest absolute Gasteiger partial charge is 0.101 e. The first-order valence-electron chi connectivity index (χ1n) is 15.0. The van der Waals surface area contributed by atoms with Gasteiger partial charge in [0.2, 0.25) is 0 Å². The summed E-state index contributed by atoms with van der Waals surface area (Å²) in [5, 5.41) is 26.2. The number of hydrogen-bond donors (Lipinski definition) is 1. The summed E-state index contributed by atoms with van der Waals surface area (Å²) >= 11 is 0. The molecule has 45 heavy (non-hydrogen) atoms. The van der Waals surface area contributed by atoms with Crippen LogP contribution in [0.25, 0.3) is 71.8 Å². The van der Waals surface area contributed by atoms with Crippen molar-refractivity contribution in [2.24, 2.45) is 0 Å². The Morgan fingerprint density at radius 3 is 2.07 bits per heavy atom. The number of nitrogens with one attached hydrogen (secondary N) is 1. The maximum atomic E-state index is 10.7. The van der Waals surface area contributed by atoms with Gasteiger partial charge in [-0.05, 0) is 48.2 Å². The van der Waals surface area contributed by atoms with Gasteiger partial charge in [0, 0.05) is 44.4 Å². The molecule has 1 N–H and O–H groups in total. The number of rotatable bonds is 5. The number of aromatic nitrogens is 2. The lowest BCUT2D eigenvalue weighted by atomic mass is 10.0. The van der Waals surface area contributed by atoms with Gasteiger partial charge in [0.25, 0.3) is 0 Å². The van der Waals surface area contributed by atoms with Crippen LogP contribution >= 0.6 is 0 Å². The minimum atomic E-state index is 0.509. The molecule has 0 unspecified atom stereocenters. The van der Waals surface area contributed by atoms with Crippen molar-refractivity contribution >= 4 is 66.7 Å². The minimum Gasteiger partial charge on any atom is -0.309 e. The normalized spacial score (nSPS) is 12.0. The van der Waals surface area contributed by atoms with Gasteiger partial charge in [0.15, 0.2) is 0 Å². The van der Waals surface area contributed by atoms with E-state index in [0.717, 1.165) is 65.6 Å². The van der Waals surface area contributed by atoms with Crippen molar-refractivity contribution in [1.29, 1.82) is 10.7 Å². The Kier molecular flexibility index (Phi) is 6.18. The molecule has 4 nitrogen and oxygen atoms in total. The molecule has 212 valence electrons. The van der Waals surface area contributed by atoms with Crippen molar-refractivity contribution in [1.82, 2.24) is 9.13 Å². The van der Waals surface area contributed by atoms with Crippen LogP contribution < -0.4 is 0 Å². The summed E-state index contributed by atoms with van der Waals surface area (Å²) in [6.07, 6.45) is 9.50. The average molecular weight is 577 g/mol. The molecule has 0 spiro atoms. The average Bonchev–Trinajstić information content (AvgIpc) is 3.60. The lowest BCUT2D eigenvalue weighted by Crippen LogP contribution is -2.06. The maximum Gasteiger partial charge on any atom is 0.101 e. The van der Waals surface area contributed by atoms with Crippen LogP contribution in [0.15, 0.2) is 133 Å². The molecule has 0 saturated heterocycles. The molecule has 0 bridgehead atoms. The van der Waals surface area contributed by atoms with Crippen LogP contribution in [0.2, 0.25) is 0 Å². The fourth-order valence-electron chi connectivity index (χ4n) is 6.82. The van der Waals surface area contributed by atoms with Gasteiger partial charge < -0.3 is 14.5 Å². The molecule has 8 rings (SSSR count). The van der Waals surface area contributed by atoms with E-state index < -0.39 is 0 Å². The third kappa shape index (κ3) is 4.02. The second kappa shape index (κ2) is 10.5. The first-order chi connectivity index (χ1) is 22.2. The third-order valence-corrected chi connectivity index (χ3v) is 8.73. The van der Waals surface area contributed by atoms with E-state index in [1.54, 1.807) is 0 Å². The van der Waals surface area contributed by atoms with Gasteiger partial charge in [-0.25, -0.2) is 0 Å². The second-order valence-electron chi connectivity index (χ2n) is 11.2. The SMILES string of the molecule is C/C=C\C=C/c1ccc2c3ccccc3n(-c3c(C#N)cc(-n4c5ccccc5c5ccc6ccccc6c54)cc3C=N)c2c1. The van der Waals surface area contributed by atoms with Crippen LogP contribution in [0.3, 0.4) is 0 Å². The monoisotopic (exact) mass is 576 g/mol. The first-order valence-corrected chi connectivity index (χ1v) is 15.0. The largest absolute Gasteiger partial charge is 0.309 e. The molecule has 2 aromatic heterocycles. The Hall–Kier alpha value is -6.18. The summed E-state index contributed by atoms with van der Waals surface area (Å²) in [5.74, 6) is 0. The van der Waals surface area contributed by atoms with E-state index >= 15 is 0 Å². The molecular weight excluding hydrogens is 548 g/mol. The van der Waals surface area contributed by atoms with Gasteiger partial charge in [-0.1, -0.05) is 109 Å². The second-order valence-corrected chi connectivity index (χ2v) is 11.2. The number of nitrogens with zero attached hydrogens (tertiary/aromatic N) is 3. The molecule has 0 fully saturated rings. The van der Waals surface area contributed by atoms with Crippen molar-refractivity contribution in [2.45, 2.75) is 6.92 Å². The predicted molar refractivity (Wildman–Crippen MR) is 189 cm³/mol. The standard InChI is InChI=1S/C41H28N4/c1-2-3-4-11-27-18-20-35-33-14-7-10-17-38(33)45(39(35)22-27)40-29(25-42)23-31(24-30(40)26-43)44-37-16-9-8-15-34(37)36-21-19-28-12-5-6-13-32(28)41(36)44/h2-25,42H,1H3/b3-2-,11-4-,42-25?. The summed E-state index contributed by atoms with van der Waals surface area (Å²) in [6, 6.07) is 42.5. The highest BCUT2D eigenvalue weighted by Gasteiger charge is 2.21. The van der Waals surface area contributed by atoms with E-state index in [2.05, 4.69) is 112 Å². The van der Waals surface area contributed by atoms with E-state index in [1.807, 2.05) is 49.4 Å². The summed E-state index contributed by atoms with van der Waals surface area (Å²) in [7, 11) is 0. The van der Waals surface area contributed by atoms with Gasteiger partial charge in [-0.3, -0.25) is 0 Å². The van der Waals surface area contributed by atoms with Crippen LogP contribution in [0.1, 0.15) is 23.6 Å². The quantitative estimate of drug-likeness (QED) is 0.161. The van der Waals surface area contributed by atoms with E-state index in [1.165, 1.54) is 6.21 Å². The van der Waals surface area contributed by atoms with Crippen molar-refractivity contribution < 1.29 is 0 Å². The molecule has 0 amide bonds. The molecule has 0 aliphatic carbocycles. The van der Waals surface area contributed by atoms with Crippen LogP contribution in [-0.2, 0) is 0 Å². The molecular formula is C41H28N4. The summed E-state index contributed by atoms with van der Waals surface area (Å²) in [5.41, 5.74) is 7.96. The lowest BCUT2D eigenvalue weighted by molar-refractivity contribution is 1.13. The number of nitriles is 1. The lowest BCUT2D eigenvalue weighted by Gasteiger charge is -2.17. The number of benzene rings is 6. The Morgan fingerprint density at radius 2 is 1.31 bits per heavy atom. The zero-order valence-corrected chi connectivity index (χ0v) is 24.7. The highest BCUT2D eigenvalue weighted by atomic mass is 15.0. The summed E-state index contributed by atoms with van der Waals surface area (Å²) in [4.78, 5) is 0. The first kappa shape index (κ1) is 26.4. The van der Waals surface area contributed by atoms with Crippen molar-refractivity contribution in [2.75, 3.05) is 0 Å². The molecule has 0 atom stereocenters. The van der Waals surface area contributed by atoms with Crippen molar-refractivity contribution in [3.05, 3.63) is 150 Å². The maximum absolute atomic E-state index is 10.7. The Balaban J connectivity index is 1.47. The van der Waals surface area contributed by atoms with Gasteiger partial charge in [-0.2, -0.15) is 5.26 Å². The van der Waals surface area contributed by atoms with Gasteiger partial charge in [0.05, 0.1) is 33.3 Å². The molecule has 6 aromatic carbocycles. The molecule has 2 heterocycles. The highest BCUT2D eigenvalue weighted by molar-refractivity contribution is 6.18. The molecule has 0 radical (unpaired) electrons. The number of allylic oxidation sites excluding steroid dienone is 3. The van der Waals surface area contributed by atoms with Crippen molar-refractivity contribution in [3.63, 3.8) is 0 Å². The van der Waals surface area contributed by atoms with Gasteiger partial charge in [-0.15, -0.1) is 0 Å². The Labute approximate surface area is 260 Å². The fraction of sp³-hybridized carbons (Fsp3) is 0.0244. The van der Waals surface area contributed by atoms with E-state index in [4.69, 9.17) is 5.41 Å². The molecule has 0 aliphatic rings. The molecule has 4 heteroatoms. The number of para-hydroxylation sites is 2. The van der Waals surface area contributed by atoms with Crippen LogP contribution in [0.5, 0.6) is 0 Å². The van der Waals surface area contributed by atoms with E-state index in [-0.39, 0.29) is 0 Å².